The van der Waals surface area contributed by atoms with Crippen molar-refractivity contribution in [1.82, 2.24) is 19.4 Å². The number of nitrogens with two attached hydrogens (primary N) is 1. The Hall–Kier alpha value is -3.24. The van der Waals surface area contributed by atoms with Gasteiger partial charge in [0.25, 0.3) is 0 Å². The minimum Gasteiger partial charge on any atom is -0.462 e. The van der Waals surface area contributed by atoms with Crippen LogP contribution in [0.1, 0.15) is 78.5 Å². The number of carbonyl (C=O) groups is 3. The highest BCUT2D eigenvalue weighted by atomic mass is 16.5. The van der Waals surface area contributed by atoms with E-state index in [0.29, 0.717) is 18.9 Å². The average molecular weight is 544 g/mol. The summed E-state index contributed by atoms with van der Waals surface area (Å²) in [7, 11) is 0. The minimum absolute atomic E-state index is 0.0455. The zero-order valence-electron chi connectivity index (χ0n) is 23.4. The lowest BCUT2D eigenvalue weighted by Gasteiger charge is -2.34. The van der Waals surface area contributed by atoms with Crippen molar-refractivity contribution in [3.05, 3.63) is 22.5 Å². The first kappa shape index (κ1) is 28.8. The molecule has 1 aromatic rings. The summed E-state index contributed by atoms with van der Waals surface area (Å²) in [6, 6.07) is -0.626. The highest BCUT2D eigenvalue weighted by molar-refractivity contribution is 5.87. The number of aromatic nitrogens is 3. The maximum absolute atomic E-state index is 14.0. The maximum Gasteiger partial charge on any atom is 0.353 e. The number of esters is 1. The van der Waals surface area contributed by atoms with Crippen LogP contribution >= 0.6 is 0 Å². The predicted molar refractivity (Wildman–Crippen MR) is 143 cm³/mol. The molecule has 2 bridgehead atoms. The number of ether oxygens (including phenoxy) is 2. The van der Waals surface area contributed by atoms with Crippen LogP contribution in [-0.2, 0) is 25.7 Å². The fraction of sp³-hybridized carbons (Fsp3) is 0.714. The normalized spacial score (nSPS) is 30.5. The molecule has 2 aliphatic heterocycles. The van der Waals surface area contributed by atoms with Gasteiger partial charge in [-0.1, -0.05) is 40.5 Å². The van der Waals surface area contributed by atoms with Crippen molar-refractivity contribution in [3.8, 4) is 6.01 Å². The topological polar surface area (TPSA) is 147 Å². The number of fused-ring (bicyclic) bond motifs is 4. The average Bonchev–Trinajstić information content (AvgIpc) is 3.50. The van der Waals surface area contributed by atoms with Gasteiger partial charge in [-0.2, -0.15) is 9.97 Å². The fourth-order valence-corrected chi connectivity index (χ4v) is 5.81. The van der Waals surface area contributed by atoms with Crippen molar-refractivity contribution in [2.24, 2.45) is 28.9 Å². The Morgan fingerprint density at radius 1 is 1.08 bits per heavy atom. The van der Waals surface area contributed by atoms with Crippen LogP contribution in [0.5, 0.6) is 6.01 Å². The second-order valence-electron chi connectivity index (χ2n) is 12.0. The Labute approximate surface area is 229 Å². The summed E-state index contributed by atoms with van der Waals surface area (Å²) in [6.07, 6.45) is 7.61. The number of hydrogen-bond donors (Lipinski definition) is 1. The molecule has 39 heavy (non-hydrogen) atoms. The summed E-state index contributed by atoms with van der Waals surface area (Å²) in [6.45, 7) is 8.18. The Kier molecular flexibility index (Phi) is 8.76. The van der Waals surface area contributed by atoms with Gasteiger partial charge in [0.2, 0.25) is 5.91 Å². The van der Waals surface area contributed by atoms with Crippen LogP contribution in [0.25, 0.3) is 6.08 Å². The third kappa shape index (κ3) is 6.50. The molecule has 214 valence electrons. The Balaban J connectivity index is 1.71. The van der Waals surface area contributed by atoms with Gasteiger partial charge in [-0.3, -0.25) is 9.59 Å². The zero-order valence-corrected chi connectivity index (χ0v) is 23.4. The van der Waals surface area contributed by atoms with Crippen LogP contribution in [0.4, 0.5) is 0 Å². The van der Waals surface area contributed by atoms with Crippen molar-refractivity contribution in [2.45, 2.75) is 97.4 Å². The van der Waals surface area contributed by atoms with Gasteiger partial charge in [0.05, 0.1) is 24.9 Å². The van der Waals surface area contributed by atoms with E-state index < -0.39 is 29.2 Å². The number of hydrogen-bond acceptors (Lipinski definition) is 9. The lowest BCUT2D eigenvalue weighted by Crippen LogP contribution is -2.46. The van der Waals surface area contributed by atoms with Crippen molar-refractivity contribution >= 4 is 24.2 Å². The molecule has 6 atom stereocenters. The second-order valence-corrected chi connectivity index (χ2v) is 12.0. The van der Waals surface area contributed by atoms with E-state index in [0.717, 1.165) is 38.4 Å². The molecule has 0 unspecified atom stereocenters. The van der Waals surface area contributed by atoms with Gasteiger partial charge in [-0.05, 0) is 49.3 Å². The SMILES string of the molecule is CC[C@@H]1[C@@H]2CN(C(=O)[C@H](C(C)(C)C)CC(=O)O[C@@H]3C[C@H]3CCCCCn3c(nc(C=CN)nc3=O)O2)[C@@H]1C=O. The maximum atomic E-state index is 14.0. The van der Waals surface area contributed by atoms with E-state index in [2.05, 4.69) is 9.97 Å². The van der Waals surface area contributed by atoms with Crippen molar-refractivity contribution in [3.63, 3.8) is 0 Å². The summed E-state index contributed by atoms with van der Waals surface area (Å²) in [5.74, 6) is -1.18. The molecule has 0 aromatic carbocycles. The standard InChI is InChI=1S/C28H41N5O6/c1-5-18-20(16-34)33-15-22(18)39-27-31-23(10-11-29)30-26(37)32(27)12-8-6-7-9-17-13-21(17)38-24(35)14-19(25(33)36)28(2,3)4/h10-11,16-22H,5-9,12-15,29H2,1-4H3/t17-,18+,19-,20-,21-,22+/m1/s1. The molecule has 1 aromatic heterocycles. The molecule has 1 saturated carbocycles. The fourth-order valence-electron chi connectivity index (χ4n) is 5.81. The van der Waals surface area contributed by atoms with Crippen LogP contribution in [0.3, 0.4) is 0 Å². The van der Waals surface area contributed by atoms with E-state index in [4.69, 9.17) is 15.2 Å². The van der Waals surface area contributed by atoms with Crippen molar-refractivity contribution < 1.29 is 23.9 Å². The minimum atomic E-state index is -0.728. The van der Waals surface area contributed by atoms with Gasteiger partial charge in [0, 0.05) is 12.5 Å². The molecule has 2 fully saturated rings. The Morgan fingerprint density at radius 2 is 1.85 bits per heavy atom. The first-order chi connectivity index (χ1) is 18.6. The first-order valence-corrected chi connectivity index (χ1v) is 14.1. The summed E-state index contributed by atoms with van der Waals surface area (Å²) in [5.41, 5.74) is 4.48. The second kappa shape index (κ2) is 11.9. The molecule has 11 nitrogen and oxygen atoms in total. The van der Waals surface area contributed by atoms with Gasteiger partial charge < -0.3 is 24.9 Å². The van der Waals surface area contributed by atoms with Crippen LogP contribution in [0, 0.1) is 23.2 Å². The molecular weight excluding hydrogens is 502 g/mol. The van der Waals surface area contributed by atoms with Crippen molar-refractivity contribution in [1.29, 1.82) is 0 Å². The predicted octanol–water partition coefficient (Wildman–Crippen LogP) is 2.31. The molecule has 1 saturated heterocycles. The van der Waals surface area contributed by atoms with Crippen LogP contribution in [0.2, 0.25) is 0 Å². The van der Waals surface area contributed by atoms with E-state index in [9.17, 15) is 19.2 Å². The summed E-state index contributed by atoms with van der Waals surface area (Å²) in [4.78, 5) is 62.1. The molecule has 3 aliphatic rings. The number of rotatable bonds is 3. The van der Waals surface area contributed by atoms with Crippen LogP contribution in [0.15, 0.2) is 11.0 Å². The van der Waals surface area contributed by atoms with E-state index >= 15 is 0 Å². The molecule has 0 spiro atoms. The lowest BCUT2D eigenvalue weighted by atomic mass is 9.77. The first-order valence-electron chi connectivity index (χ1n) is 14.1. The summed E-state index contributed by atoms with van der Waals surface area (Å²) >= 11 is 0. The molecule has 3 heterocycles. The van der Waals surface area contributed by atoms with Gasteiger partial charge in [-0.25, -0.2) is 9.36 Å². The molecular formula is C28H41N5O6. The molecule has 2 N–H and O–H groups in total. The van der Waals surface area contributed by atoms with E-state index in [1.807, 2.05) is 27.7 Å². The third-order valence-electron chi connectivity index (χ3n) is 8.24. The summed E-state index contributed by atoms with van der Waals surface area (Å²) in [5, 5.41) is 0. The van der Waals surface area contributed by atoms with E-state index in [-0.39, 0.29) is 48.7 Å². The van der Waals surface area contributed by atoms with E-state index in [1.165, 1.54) is 21.7 Å². The highest BCUT2D eigenvalue weighted by Crippen LogP contribution is 2.40. The van der Waals surface area contributed by atoms with Crippen LogP contribution in [-0.4, -0.2) is 62.4 Å². The molecule has 1 aliphatic carbocycles. The number of aldehydes is 1. The van der Waals surface area contributed by atoms with Gasteiger partial charge in [-0.15, -0.1) is 0 Å². The molecule has 4 rings (SSSR count). The number of carbonyl (C=O) groups excluding carboxylic acids is 3. The zero-order chi connectivity index (χ0) is 28.3. The molecule has 1 amide bonds. The van der Waals surface area contributed by atoms with Gasteiger partial charge in [0.1, 0.15) is 18.5 Å². The summed E-state index contributed by atoms with van der Waals surface area (Å²) < 4.78 is 13.5. The largest absolute Gasteiger partial charge is 0.462 e. The molecule has 11 heteroatoms. The number of amides is 1. The number of nitrogens with zero attached hydrogens (tertiary/aromatic N) is 4. The smallest absolute Gasteiger partial charge is 0.353 e. The Morgan fingerprint density at radius 3 is 2.51 bits per heavy atom. The van der Waals surface area contributed by atoms with Gasteiger partial charge in [0.15, 0.2) is 5.82 Å². The monoisotopic (exact) mass is 543 g/mol. The highest BCUT2D eigenvalue weighted by Gasteiger charge is 2.49. The van der Waals surface area contributed by atoms with Crippen LogP contribution < -0.4 is 16.2 Å². The lowest BCUT2D eigenvalue weighted by molar-refractivity contribution is -0.153. The Bertz CT molecular complexity index is 1160. The molecule has 0 radical (unpaired) electrons. The van der Waals surface area contributed by atoms with E-state index in [1.54, 1.807) is 0 Å². The quantitative estimate of drug-likeness (QED) is 0.448. The van der Waals surface area contributed by atoms with Gasteiger partial charge >= 0.3 is 17.7 Å². The van der Waals surface area contributed by atoms with Crippen molar-refractivity contribution in [2.75, 3.05) is 6.54 Å². The third-order valence-corrected chi connectivity index (χ3v) is 8.24.